The highest BCUT2D eigenvalue weighted by atomic mass is 35.5. The van der Waals surface area contributed by atoms with Gasteiger partial charge in [0.25, 0.3) is 0 Å². The number of hydrogen-bond donors (Lipinski definition) is 1. The van der Waals surface area contributed by atoms with Gasteiger partial charge >= 0.3 is 0 Å². The first kappa shape index (κ1) is 11.7. The molecule has 0 bridgehead atoms. The number of nitrogens with zero attached hydrogens (tertiary/aromatic N) is 1. The highest BCUT2D eigenvalue weighted by molar-refractivity contribution is 6.30. The molecule has 0 aliphatic carbocycles. The van der Waals surface area contributed by atoms with Gasteiger partial charge < -0.3 is 10.5 Å². The Kier molecular flexibility index (Phi) is 3.44. The molecule has 0 amide bonds. The zero-order valence-electron chi connectivity index (χ0n) is 8.86. The third-order valence-electron chi connectivity index (χ3n) is 2.14. The predicted octanol–water partition coefficient (Wildman–Crippen LogP) is 3.04. The largest absolute Gasteiger partial charge is 0.489 e. The fourth-order valence-electron chi connectivity index (χ4n) is 1.32. The molecule has 1 aromatic carbocycles. The summed E-state index contributed by atoms with van der Waals surface area (Å²) in [5.41, 5.74) is 6.42. The van der Waals surface area contributed by atoms with E-state index in [1.165, 1.54) is 18.2 Å². The van der Waals surface area contributed by atoms with Crippen LogP contribution in [0, 0.1) is 5.82 Å². The summed E-state index contributed by atoms with van der Waals surface area (Å²) in [6, 6.07) is 7.72. The minimum absolute atomic E-state index is 0.0387. The van der Waals surface area contributed by atoms with Gasteiger partial charge in [-0.25, -0.2) is 9.37 Å². The normalized spacial score (nSPS) is 10.2. The monoisotopic (exact) mass is 252 g/mol. The first-order valence-corrected chi connectivity index (χ1v) is 5.31. The molecule has 2 aromatic rings. The number of rotatable bonds is 3. The zero-order chi connectivity index (χ0) is 12.3. The van der Waals surface area contributed by atoms with E-state index in [0.717, 1.165) is 5.56 Å². The third kappa shape index (κ3) is 3.07. The van der Waals surface area contributed by atoms with Crippen LogP contribution in [0.1, 0.15) is 5.56 Å². The van der Waals surface area contributed by atoms with E-state index < -0.39 is 5.82 Å². The smallest absolute Gasteiger partial charge is 0.142 e. The van der Waals surface area contributed by atoms with Crippen molar-refractivity contribution < 1.29 is 9.13 Å². The minimum Gasteiger partial charge on any atom is -0.489 e. The molecule has 2 N–H and O–H groups in total. The molecule has 0 aliphatic heterocycles. The van der Waals surface area contributed by atoms with E-state index in [0.29, 0.717) is 18.2 Å². The number of hydrogen-bond acceptors (Lipinski definition) is 3. The van der Waals surface area contributed by atoms with Crippen LogP contribution in [0.25, 0.3) is 0 Å². The van der Waals surface area contributed by atoms with E-state index in [4.69, 9.17) is 22.1 Å². The van der Waals surface area contributed by atoms with E-state index in [9.17, 15) is 4.39 Å². The Morgan fingerprint density at radius 3 is 2.82 bits per heavy atom. The molecule has 3 nitrogen and oxygen atoms in total. The molecule has 17 heavy (non-hydrogen) atoms. The number of nitrogen functional groups attached to an aromatic ring is 1. The highest BCUT2D eigenvalue weighted by Gasteiger charge is 2.02. The molecule has 2 rings (SSSR count). The summed E-state index contributed by atoms with van der Waals surface area (Å²) in [4.78, 5) is 3.87. The average Bonchev–Trinajstić information content (AvgIpc) is 2.31. The fourth-order valence-corrected chi connectivity index (χ4v) is 1.49. The van der Waals surface area contributed by atoms with E-state index in [2.05, 4.69) is 4.98 Å². The number of halogens is 2. The molecule has 0 spiro atoms. The fraction of sp³-hybridized carbons (Fsp3) is 0.0833. The zero-order valence-corrected chi connectivity index (χ0v) is 9.62. The van der Waals surface area contributed by atoms with Gasteiger partial charge in [0.05, 0.1) is 5.02 Å². The number of pyridine rings is 1. The maximum atomic E-state index is 12.9. The molecule has 0 saturated carbocycles. The summed E-state index contributed by atoms with van der Waals surface area (Å²) >= 11 is 5.64. The molecule has 1 aromatic heterocycles. The summed E-state index contributed by atoms with van der Waals surface area (Å²) in [5, 5.41) is 0.0387. The third-order valence-corrected chi connectivity index (χ3v) is 2.43. The molecule has 88 valence electrons. The Labute approximate surface area is 103 Å². The van der Waals surface area contributed by atoms with Gasteiger partial charge in [-0.15, -0.1) is 0 Å². The first-order chi connectivity index (χ1) is 8.15. The van der Waals surface area contributed by atoms with Gasteiger partial charge in [0.2, 0.25) is 0 Å². The van der Waals surface area contributed by atoms with Crippen LogP contribution in [0.4, 0.5) is 10.2 Å². The Bertz CT molecular complexity index is 534. The first-order valence-electron chi connectivity index (χ1n) is 4.93. The lowest BCUT2D eigenvalue weighted by molar-refractivity contribution is 0.305. The lowest BCUT2D eigenvalue weighted by Gasteiger charge is -2.07. The Morgan fingerprint density at radius 2 is 2.12 bits per heavy atom. The van der Waals surface area contributed by atoms with Crippen LogP contribution in [-0.2, 0) is 6.61 Å². The van der Waals surface area contributed by atoms with Crippen LogP contribution in [0.5, 0.6) is 5.75 Å². The molecule has 0 atom stereocenters. The van der Waals surface area contributed by atoms with Gasteiger partial charge in [-0.2, -0.15) is 0 Å². The summed E-state index contributed by atoms with van der Waals surface area (Å²) in [6.45, 7) is 0.328. The van der Waals surface area contributed by atoms with Crippen molar-refractivity contribution in [2.45, 2.75) is 6.61 Å². The average molecular weight is 253 g/mol. The van der Waals surface area contributed by atoms with Crippen LogP contribution in [0.2, 0.25) is 5.02 Å². The van der Waals surface area contributed by atoms with Crippen molar-refractivity contribution in [3.63, 3.8) is 0 Å². The van der Waals surface area contributed by atoms with Crippen LogP contribution >= 0.6 is 11.6 Å². The maximum absolute atomic E-state index is 12.9. The summed E-state index contributed by atoms with van der Waals surface area (Å²) in [5.74, 6) is 0.474. The van der Waals surface area contributed by atoms with E-state index in [-0.39, 0.29) is 5.02 Å². The quantitative estimate of drug-likeness (QED) is 0.913. The molecule has 0 fully saturated rings. The summed E-state index contributed by atoms with van der Waals surface area (Å²) < 4.78 is 18.4. The van der Waals surface area contributed by atoms with Gasteiger partial charge in [-0.05, 0) is 29.8 Å². The summed E-state index contributed by atoms with van der Waals surface area (Å²) in [7, 11) is 0. The minimum atomic E-state index is -0.466. The summed E-state index contributed by atoms with van der Waals surface area (Å²) in [6.07, 6.45) is 1.60. The number of anilines is 1. The van der Waals surface area contributed by atoms with Gasteiger partial charge in [0.1, 0.15) is 24.0 Å². The molecule has 0 aliphatic rings. The van der Waals surface area contributed by atoms with Gasteiger partial charge in [0, 0.05) is 12.3 Å². The van der Waals surface area contributed by atoms with Crippen LogP contribution in [0.15, 0.2) is 36.5 Å². The van der Waals surface area contributed by atoms with E-state index >= 15 is 0 Å². The molecule has 0 unspecified atom stereocenters. The van der Waals surface area contributed by atoms with Gasteiger partial charge in [0.15, 0.2) is 0 Å². The predicted molar refractivity (Wildman–Crippen MR) is 64.4 cm³/mol. The number of benzene rings is 1. The standard InChI is InChI=1S/C12H10ClFN2O/c13-10-6-9(1-2-11(10)14)17-7-8-3-4-16-12(15)5-8/h1-6H,7H2,(H2,15,16). The van der Waals surface area contributed by atoms with Crippen molar-refractivity contribution in [3.05, 3.63) is 52.9 Å². The number of nitrogens with two attached hydrogens (primary N) is 1. The van der Waals surface area contributed by atoms with Crippen LogP contribution in [0.3, 0.4) is 0 Å². The molecular formula is C12H10ClFN2O. The number of ether oxygens (including phenoxy) is 1. The Hall–Kier alpha value is -1.81. The molecular weight excluding hydrogens is 243 g/mol. The lowest BCUT2D eigenvalue weighted by atomic mass is 10.3. The van der Waals surface area contributed by atoms with Crippen molar-refractivity contribution >= 4 is 17.4 Å². The lowest BCUT2D eigenvalue weighted by Crippen LogP contribution is -1.98. The van der Waals surface area contributed by atoms with Crippen molar-refractivity contribution in [3.8, 4) is 5.75 Å². The van der Waals surface area contributed by atoms with Crippen molar-refractivity contribution in [2.75, 3.05) is 5.73 Å². The highest BCUT2D eigenvalue weighted by Crippen LogP contribution is 2.21. The SMILES string of the molecule is Nc1cc(COc2ccc(F)c(Cl)c2)ccn1. The van der Waals surface area contributed by atoms with E-state index in [1.807, 2.05) is 0 Å². The van der Waals surface area contributed by atoms with Crippen LogP contribution in [-0.4, -0.2) is 4.98 Å². The molecule has 1 heterocycles. The second kappa shape index (κ2) is 5.01. The van der Waals surface area contributed by atoms with Gasteiger partial charge in [-0.3, -0.25) is 0 Å². The topological polar surface area (TPSA) is 48.1 Å². The Balaban J connectivity index is 2.05. The molecule has 0 radical (unpaired) electrons. The maximum Gasteiger partial charge on any atom is 0.142 e. The second-order valence-electron chi connectivity index (χ2n) is 3.45. The molecule has 0 saturated heterocycles. The van der Waals surface area contributed by atoms with Crippen molar-refractivity contribution in [1.82, 2.24) is 4.98 Å². The molecule has 5 heteroatoms. The Morgan fingerprint density at radius 1 is 1.29 bits per heavy atom. The van der Waals surface area contributed by atoms with Gasteiger partial charge in [-0.1, -0.05) is 11.6 Å². The van der Waals surface area contributed by atoms with Crippen molar-refractivity contribution in [2.24, 2.45) is 0 Å². The van der Waals surface area contributed by atoms with E-state index in [1.54, 1.807) is 18.3 Å². The van der Waals surface area contributed by atoms with Crippen LogP contribution < -0.4 is 10.5 Å². The van der Waals surface area contributed by atoms with Crippen molar-refractivity contribution in [1.29, 1.82) is 0 Å². The number of aromatic nitrogens is 1. The second-order valence-corrected chi connectivity index (χ2v) is 3.86.